The average Bonchev–Trinajstić information content (AvgIpc) is 3.42. The van der Waals surface area contributed by atoms with Crippen molar-refractivity contribution in [3.63, 3.8) is 0 Å². The van der Waals surface area contributed by atoms with Gasteiger partial charge < -0.3 is 10.4 Å². The van der Waals surface area contributed by atoms with Crippen LogP contribution in [-0.2, 0) is 0 Å². The van der Waals surface area contributed by atoms with Crippen LogP contribution in [0.25, 0.3) is 5.69 Å². The van der Waals surface area contributed by atoms with Crippen LogP contribution in [0, 0.1) is 6.92 Å². The van der Waals surface area contributed by atoms with E-state index < -0.39 is 5.97 Å². The van der Waals surface area contributed by atoms with Crippen molar-refractivity contribution in [1.29, 1.82) is 0 Å². The molecule has 2 heterocycles. The molecular weight excluding hydrogens is 358 g/mol. The Balaban J connectivity index is 1.52. The van der Waals surface area contributed by atoms with Crippen molar-refractivity contribution in [2.45, 2.75) is 38.6 Å². The van der Waals surface area contributed by atoms with Gasteiger partial charge in [0.05, 0.1) is 23.6 Å². The lowest BCUT2D eigenvalue weighted by molar-refractivity contribution is 0.0696. The van der Waals surface area contributed by atoms with Gasteiger partial charge in [0.1, 0.15) is 5.56 Å². The molecule has 28 heavy (non-hydrogen) atoms. The lowest BCUT2D eigenvalue weighted by Gasteiger charge is -2.09. The number of aromatic nitrogens is 4. The number of amides is 1. The Kier molecular flexibility index (Phi) is 4.68. The van der Waals surface area contributed by atoms with E-state index in [4.69, 9.17) is 0 Å². The molecule has 1 fully saturated rings. The highest BCUT2D eigenvalue weighted by Crippen LogP contribution is 2.28. The first-order valence-corrected chi connectivity index (χ1v) is 9.28. The van der Waals surface area contributed by atoms with Gasteiger partial charge in [-0.1, -0.05) is 18.9 Å². The van der Waals surface area contributed by atoms with E-state index in [0.717, 1.165) is 12.8 Å². The minimum Gasteiger partial charge on any atom is -0.478 e. The van der Waals surface area contributed by atoms with Gasteiger partial charge in [-0.15, -0.1) is 0 Å². The van der Waals surface area contributed by atoms with Gasteiger partial charge in [0.25, 0.3) is 5.91 Å². The Labute approximate surface area is 161 Å². The second kappa shape index (κ2) is 7.30. The average molecular weight is 379 g/mol. The van der Waals surface area contributed by atoms with Gasteiger partial charge >= 0.3 is 5.97 Å². The smallest absolute Gasteiger partial charge is 0.339 e. The Bertz CT molecular complexity index is 1030. The van der Waals surface area contributed by atoms with Crippen LogP contribution in [0.2, 0.25) is 0 Å². The van der Waals surface area contributed by atoms with Crippen LogP contribution in [0.5, 0.6) is 0 Å². The summed E-state index contributed by atoms with van der Waals surface area (Å²) in [5.41, 5.74) is 2.29. The summed E-state index contributed by atoms with van der Waals surface area (Å²) in [7, 11) is 0. The molecule has 1 amide bonds. The molecular formula is C20H21N5O3. The molecule has 0 aliphatic heterocycles. The maximum Gasteiger partial charge on any atom is 0.339 e. The van der Waals surface area contributed by atoms with Crippen LogP contribution in [0.1, 0.15) is 58.3 Å². The van der Waals surface area contributed by atoms with Crippen molar-refractivity contribution >= 4 is 17.6 Å². The minimum atomic E-state index is -1.02. The monoisotopic (exact) mass is 379 g/mol. The van der Waals surface area contributed by atoms with Crippen LogP contribution in [0.4, 0.5) is 5.69 Å². The second-order valence-electron chi connectivity index (χ2n) is 6.98. The largest absolute Gasteiger partial charge is 0.478 e. The van der Waals surface area contributed by atoms with Gasteiger partial charge in [-0.3, -0.25) is 9.48 Å². The fourth-order valence-corrected chi connectivity index (χ4v) is 3.62. The maximum atomic E-state index is 12.6. The molecule has 1 saturated carbocycles. The Hall–Kier alpha value is -3.42. The predicted molar refractivity (Wildman–Crippen MR) is 103 cm³/mol. The highest BCUT2D eigenvalue weighted by Gasteiger charge is 2.19. The molecule has 4 rings (SSSR count). The van der Waals surface area contributed by atoms with Crippen LogP contribution in [0.3, 0.4) is 0 Å². The lowest BCUT2D eigenvalue weighted by atomic mass is 10.2. The molecule has 0 spiro atoms. The highest BCUT2D eigenvalue weighted by molar-refractivity contribution is 6.02. The topological polar surface area (TPSA) is 102 Å². The fraction of sp³-hybridized carbons (Fsp3) is 0.300. The fourth-order valence-electron chi connectivity index (χ4n) is 3.62. The van der Waals surface area contributed by atoms with E-state index in [1.807, 2.05) is 10.9 Å². The number of nitrogens with one attached hydrogen (secondary N) is 1. The molecule has 1 aromatic carbocycles. The highest BCUT2D eigenvalue weighted by atomic mass is 16.4. The second-order valence-corrected chi connectivity index (χ2v) is 6.98. The van der Waals surface area contributed by atoms with Crippen LogP contribution in [-0.4, -0.2) is 36.5 Å². The summed E-state index contributed by atoms with van der Waals surface area (Å²) in [6.45, 7) is 1.69. The van der Waals surface area contributed by atoms with Gasteiger partial charge in [-0.25, -0.2) is 9.48 Å². The summed E-state index contributed by atoms with van der Waals surface area (Å²) < 4.78 is 3.42. The van der Waals surface area contributed by atoms with Gasteiger partial charge in [-0.05, 0) is 44.0 Å². The summed E-state index contributed by atoms with van der Waals surface area (Å²) in [5.74, 6) is -1.30. The molecule has 2 N–H and O–H groups in total. The van der Waals surface area contributed by atoms with E-state index >= 15 is 0 Å². The zero-order valence-corrected chi connectivity index (χ0v) is 15.5. The first-order valence-electron chi connectivity index (χ1n) is 9.28. The Morgan fingerprint density at radius 2 is 2.00 bits per heavy atom. The SMILES string of the molecule is Cc1c(C(=O)O)cnn1-c1cccc(NC(=O)c2ccn(C3CCCC3)n2)c1. The standard InChI is InChI=1S/C20H21N5O3/c1-13-17(20(27)28)12-21-25(13)16-8-4-5-14(11-16)22-19(26)18-9-10-24(23-18)15-6-2-3-7-15/h4-5,8-12,15H,2-3,6-7H2,1H3,(H,22,26)(H,27,28). The van der Waals surface area contributed by atoms with Gasteiger partial charge in [0.15, 0.2) is 5.69 Å². The molecule has 144 valence electrons. The van der Waals surface area contributed by atoms with Gasteiger partial charge in [0, 0.05) is 11.9 Å². The molecule has 0 radical (unpaired) electrons. The number of carboxylic acids is 1. The number of carbonyl (C=O) groups is 2. The molecule has 0 unspecified atom stereocenters. The van der Waals surface area contributed by atoms with Crippen molar-refractivity contribution in [1.82, 2.24) is 19.6 Å². The predicted octanol–water partition coefficient (Wildman–Crippen LogP) is 3.44. The number of anilines is 1. The maximum absolute atomic E-state index is 12.6. The van der Waals surface area contributed by atoms with Crippen molar-refractivity contribution in [2.75, 3.05) is 5.32 Å². The summed E-state index contributed by atoms with van der Waals surface area (Å²) in [5, 5.41) is 20.6. The number of benzene rings is 1. The van der Waals surface area contributed by atoms with Crippen molar-refractivity contribution in [2.24, 2.45) is 0 Å². The van der Waals surface area contributed by atoms with Gasteiger partial charge in [-0.2, -0.15) is 10.2 Å². The van der Waals surface area contributed by atoms with Crippen molar-refractivity contribution in [3.8, 4) is 5.69 Å². The molecule has 1 aliphatic carbocycles. The number of hydrogen-bond donors (Lipinski definition) is 2. The Morgan fingerprint density at radius 1 is 1.21 bits per heavy atom. The third kappa shape index (κ3) is 3.40. The van der Waals surface area contributed by atoms with Crippen molar-refractivity contribution in [3.05, 3.63) is 59.7 Å². The Morgan fingerprint density at radius 3 is 2.71 bits per heavy atom. The van der Waals surface area contributed by atoms with E-state index in [9.17, 15) is 14.7 Å². The van der Waals surface area contributed by atoms with E-state index in [2.05, 4.69) is 15.5 Å². The first-order chi connectivity index (χ1) is 13.5. The number of hydrogen-bond acceptors (Lipinski definition) is 4. The molecule has 0 bridgehead atoms. The molecule has 0 saturated heterocycles. The zero-order chi connectivity index (χ0) is 19.7. The number of aromatic carboxylic acids is 1. The number of rotatable bonds is 5. The van der Waals surface area contributed by atoms with Crippen LogP contribution < -0.4 is 5.32 Å². The molecule has 8 heteroatoms. The molecule has 0 atom stereocenters. The van der Waals surface area contributed by atoms with E-state index in [-0.39, 0.29) is 11.5 Å². The van der Waals surface area contributed by atoms with E-state index in [1.54, 1.807) is 37.3 Å². The summed E-state index contributed by atoms with van der Waals surface area (Å²) in [6.07, 6.45) is 7.80. The minimum absolute atomic E-state index is 0.145. The summed E-state index contributed by atoms with van der Waals surface area (Å²) in [4.78, 5) is 23.8. The van der Waals surface area contributed by atoms with E-state index in [1.165, 1.54) is 23.7 Å². The van der Waals surface area contributed by atoms with Crippen molar-refractivity contribution < 1.29 is 14.7 Å². The molecule has 2 aromatic heterocycles. The van der Waals surface area contributed by atoms with Crippen LogP contribution >= 0.6 is 0 Å². The molecule has 3 aromatic rings. The zero-order valence-electron chi connectivity index (χ0n) is 15.5. The molecule has 1 aliphatic rings. The molecule has 8 nitrogen and oxygen atoms in total. The number of nitrogens with zero attached hydrogens (tertiary/aromatic N) is 4. The third-order valence-electron chi connectivity index (χ3n) is 5.13. The summed E-state index contributed by atoms with van der Waals surface area (Å²) in [6, 6.07) is 9.22. The number of carbonyl (C=O) groups excluding carboxylic acids is 1. The summed E-state index contributed by atoms with van der Waals surface area (Å²) >= 11 is 0. The quantitative estimate of drug-likeness (QED) is 0.707. The number of carboxylic acid groups (broad SMARTS) is 1. The third-order valence-corrected chi connectivity index (χ3v) is 5.13. The lowest BCUT2D eigenvalue weighted by Crippen LogP contribution is -2.14. The normalized spacial score (nSPS) is 14.3. The van der Waals surface area contributed by atoms with Gasteiger partial charge in [0.2, 0.25) is 0 Å². The first kappa shape index (κ1) is 18.0. The van der Waals surface area contributed by atoms with Crippen LogP contribution in [0.15, 0.2) is 42.7 Å². The van der Waals surface area contributed by atoms with E-state index in [0.29, 0.717) is 28.8 Å².